The van der Waals surface area contributed by atoms with Crippen LogP contribution in [0.5, 0.6) is 17.2 Å². The van der Waals surface area contributed by atoms with Crippen molar-refractivity contribution in [2.24, 2.45) is 0 Å². The highest BCUT2D eigenvalue weighted by Gasteiger charge is 2.31. The van der Waals surface area contributed by atoms with E-state index in [1.165, 1.54) is 344 Å². The van der Waals surface area contributed by atoms with E-state index < -0.39 is 8.60 Å². The Kier molecular flexibility index (Phi) is 55.2. The van der Waals surface area contributed by atoms with Crippen molar-refractivity contribution in [3.63, 3.8) is 0 Å². The molecule has 3 aliphatic carbocycles. The molecule has 3 aliphatic rings. The monoisotopic (exact) mass is 1530 g/mol. The number of hydrogen-bond acceptors (Lipinski definition) is 9. The third-order valence-electron chi connectivity index (χ3n) is 24.5. The number of hydrogen-bond donors (Lipinski definition) is 0. The molecule has 0 spiro atoms. The van der Waals surface area contributed by atoms with Crippen molar-refractivity contribution in [3.8, 4) is 17.2 Å². The first-order chi connectivity index (χ1) is 53.8. The van der Waals surface area contributed by atoms with Crippen LogP contribution in [0.4, 0.5) is 0 Å². The van der Waals surface area contributed by atoms with Crippen LogP contribution in [0.2, 0.25) is 0 Å². The zero-order chi connectivity index (χ0) is 76.8. The van der Waals surface area contributed by atoms with Gasteiger partial charge in [-0.1, -0.05) is 404 Å². The summed E-state index contributed by atoms with van der Waals surface area (Å²) in [6.45, 7) is 8.38. The summed E-state index contributed by atoms with van der Waals surface area (Å²) in [4.78, 5) is 40.0. The molecule has 9 nitrogen and oxygen atoms in total. The van der Waals surface area contributed by atoms with Gasteiger partial charge in [-0.3, -0.25) is 14.4 Å². The molecule has 6 rings (SSSR count). The number of rotatable bonds is 69. The van der Waals surface area contributed by atoms with Crippen molar-refractivity contribution in [1.29, 1.82) is 0 Å². The first-order valence-corrected chi connectivity index (χ1v) is 48.6. The van der Waals surface area contributed by atoms with Gasteiger partial charge in [0.15, 0.2) is 0 Å². The minimum absolute atomic E-state index is 0.119. The third kappa shape index (κ3) is 45.0. The predicted molar refractivity (Wildman–Crippen MR) is 462 cm³/mol. The van der Waals surface area contributed by atoms with Crippen molar-refractivity contribution in [1.82, 2.24) is 0 Å². The summed E-state index contributed by atoms with van der Waals surface area (Å²) in [5.74, 6) is 2.96. The molecule has 620 valence electrons. The topological polar surface area (TPSA) is 107 Å². The summed E-state index contributed by atoms with van der Waals surface area (Å²) >= 11 is 0. The Hall–Kier alpha value is -4.10. The molecule has 0 bridgehead atoms. The van der Waals surface area contributed by atoms with Gasteiger partial charge in [-0.2, -0.15) is 0 Å². The van der Waals surface area contributed by atoms with Gasteiger partial charge in [0.25, 0.3) is 0 Å². The van der Waals surface area contributed by atoms with Crippen molar-refractivity contribution < 1.29 is 42.2 Å². The summed E-state index contributed by atoms with van der Waals surface area (Å²) in [6.07, 6.45) is 83.6. The average molecular weight is 1530 g/mol. The zero-order valence-corrected chi connectivity index (χ0v) is 71.9. The van der Waals surface area contributed by atoms with Gasteiger partial charge in [-0.15, -0.1) is 0 Å². The van der Waals surface area contributed by atoms with Gasteiger partial charge in [0.2, 0.25) is 0 Å². The summed E-state index contributed by atoms with van der Waals surface area (Å²) < 4.78 is 39.6. The lowest BCUT2D eigenvalue weighted by atomic mass is 9.83. The molecule has 3 fully saturated rings. The minimum Gasteiger partial charge on any atom is -0.466 e. The molecule has 10 heteroatoms. The summed E-state index contributed by atoms with van der Waals surface area (Å²) in [6, 6.07) is 19.7. The van der Waals surface area contributed by atoms with E-state index in [-0.39, 0.29) is 17.9 Å². The molecule has 0 unspecified atom stereocenters. The fraction of sp³-hybridized carbons (Fsp3) is 0.788. The van der Waals surface area contributed by atoms with Crippen LogP contribution >= 0.6 is 8.60 Å². The van der Waals surface area contributed by atoms with E-state index in [1.807, 2.05) is 0 Å². The molecule has 3 aromatic rings. The normalized spacial score (nSPS) is 14.5. The second-order valence-electron chi connectivity index (χ2n) is 34.2. The molecule has 0 aromatic heterocycles. The first kappa shape index (κ1) is 93.8. The van der Waals surface area contributed by atoms with E-state index in [0.717, 1.165) is 111 Å². The number of ether oxygens (including phenoxy) is 3. The molecule has 109 heavy (non-hydrogen) atoms. The summed E-state index contributed by atoms with van der Waals surface area (Å²) in [5, 5.41) is 0. The highest BCUT2D eigenvalue weighted by Crippen LogP contribution is 2.51. The molecule has 0 radical (unpaired) electrons. The van der Waals surface area contributed by atoms with E-state index in [1.54, 1.807) is 0 Å². The van der Waals surface area contributed by atoms with Crippen molar-refractivity contribution in [2.75, 3.05) is 19.8 Å². The maximum Gasteiger partial charge on any atom is 0.530 e. The second kappa shape index (κ2) is 64.2. The maximum absolute atomic E-state index is 13.3. The molecule has 0 heterocycles. The van der Waals surface area contributed by atoms with Crippen LogP contribution < -0.4 is 13.6 Å². The van der Waals surface area contributed by atoms with Gasteiger partial charge >= 0.3 is 26.5 Å². The standard InChI is InChI=1S/C99H165O9P/c1-4-7-10-13-16-19-22-25-28-31-34-37-40-43-46-58-79-103-97(100)76-70-85-67-73-94(91(82-85)88-61-52-49-53-62-88)106-109(107-95-74-68-86(83-92(95)89-63-54-50-55-64-89)71-77-98(101)104-80-59-47-44-41-38-35-32-29-26-23-20-17-14-11-8-5-2)108-96-75-69-87(84-93(96)90-65-56-51-57-66-90)72-78-99(102)105-81-60-48-45-42-39-36-33-30-27-24-21-18-15-12-9-6-3/h67-69,73-75,82-84,88-90H,4-66,70-72,76-81H2,1-3H3. The van der Waals surface area contributed by atoms with Crippen LogP contribution in [0.15, 0.2) is 54.6 Å². The molecule has 0 saturated heterocycles. The minimum atomic E-state index is -2.07. The molecular formula is C99H165O9P. The lowest BCUT2D eigenvalue weighted by Crippen LogP contribution is -2.13. The van der Waals surface area contributed by atoms with Crippen LogP contribution in [0.25, 0.3) is 0 Å². The third-order valence-corrected chi connectivity index (χ3v) is 25.5. The van der Waals surface area contributed by atoms with Crippen molar-refractivity contribution in [2.45, 2.75) is 482 Å². The highest BCUT2D eigenvalue weighted by atomic mass is 31.2. The molecule has 0 amide bonds. The Balaban J connectivity index is 1.07. The van der Waals surface area contributed by atoms with Crippen molar-refractivity contribution >= 4 is 26.5 Å². The fourth-order valence-electron chi connectivity index (χ4n) is 17.5. The Morgan fingerprint density at radius 3 is 0.661 bits per heavy atom. The lowest BCUT2D eigenvalue weighted by Gasteiger charge is -2.29. The second-order valence-corrected chi connectivity index (χ2v) is 35.2. The smallest absolute Gasteiger partial charge is 0.466 e. The number of benzene rings is 3. The number of unbranched alkanes of at least 4 members (excludes halogenated alkanes) is 45. The van der Waals surface area contributed by atoms with E-state index in [9.17, 15) is 14.4 Å². The van der Waals surface area contributed by atoms with Crippen LogP contribution in [-0.2, 0) is 47.9 Å². The Morgan fingerprint density at radius 1 is 0.266 bits per heavy atom. The Morgan fingerprint density at radius 2 is 0.459 bits per heavy atom. The van der Waals surface area contributed by atoms with Crippen LogP contribution in [0.3, 0.4) is 0 Å². The average Bonchev–Trinajstić information content (AvgIpc) is 0.813. The molecule has 3 saturated carbocycles. The van der Waals surface area contributed by atoms with E-state index in [0.29, 0.717) is 76.1 Å². The van der Waals surface area contributed by atoms with Crippen LogP contribution in [0, 0.1) is 0 Å². The van der Waals surface area contributed by atoms with E-state index in [2.05, 4.69) is 75.4 Å². The number of esters is 3. The van der Waals surface area contributed by atoms with Gasteiger partial charge in [-0.25, -0.2) is 0 Å². The molecular weight excluding hydrogens is 1360 g/mol. The van der Waals surface area contributed by atoms with Crippen molar-refractivity contribution in [3.05, 3.63) is 88.0 Å². The molecule has 3 aromatic carbocycles. The Bertz CT molecular complexity index is 2420. The maximum atomic E-state index is 13.3. The lowest BCUT2D eigenvalue weighted by molar-refractivity contribution is -0.144. The van der Waals surface area contributed by atoms with Gasteiger partial charge < -0.3 is 27.8 Å². The number of carbonyl (C=O) groups excluding carboxylic acids is 3. The number of carbonyl (C=O) groups is 3. The van der Waals surface area contributed by atoms with Crippen LogP contribution in [0.1, 0.15) is 496 Å². The number of aryl methyl sites for hydroxylation is 3. The zero-order valence-electron chi connectivity index (χ0n) is 71.0. The molecule has 0 N–H and O–H groups in total. The van der Waals surface area contributed by atoms with E-state index in [4.69, 9.17) is 27.8 Å². The first-order valence-electron chi connectivity index (χ1n) is 47.5. The molecule has 0 atom stereocenters. The van der Waals surface area contributed by atoms with Gasteiger partial charge in [0.1, 0.15) is 17.2 Å². The predicted octanol–water partition coefficient (Wildman–Crippen LogP) is 31.8. The van der Waals surface area contributed by atoms with Gasteiger partial charge in [0.05, 0.1) is 19.8 Å². The quantitative estimate of drug-likeness (QED) is 0.0236. The fourth-order valence-corrected chi connectivity index (χ4v) is 18.6. The van der Waals surface area contributed by atoms with E-state index >= 15 is 0 Å². The van der Waals surface area contributed by atoms with Gasteiger partial charge in [-0.05, 0) is 146 Å². The highest BCUT2D eigenvalue weighted by molar-refractivity contribution is 7.43. The Labute approximate surface area is 671 Å². The summed E-state index contributed by atoms with van der Waals surface area (Å²) in [5.41, 5.74) is 6.89. The molecule has 0 aliphatic heterocycles. The van der Waals surface area contributed by atoms with Crippen LogP contribution in [-0.4, -0.2) is 37.7 Å². The largest absolute Gasteiger partial charge is 0.530 e. The SMILES string of the molecule is CCCCCCCCCCCCCCCCCCOC(=O)CCc1ccc(OP(Oc2ccc(CCC(=O)OCCCCCCCCCCCCCCCCCC)cc2C2CCCCC2)Oc2ccc(CCC(=O)OCCCCCCCCCCCCCCCCCC)cc2C2CCCCC2)c(C2CCCCC2)c1. The summed E-state index contributed by atoms with van der Waals surface area (Å²) in [7, 11) is -2.07. The van der Waals surface area contributed by atoms with Gasteiger partial charge in [0, 0.05) is 19.3 Å².